The SMILES string of the molecule is Cc1ccc(-c2nc(CN(C)C3CCCCC3)co2)cc1. The highest BCUT2D eigenvalue weighted by molar-refractivity contribution is 5.53. The van der Waals surface area contributed by atoms with Crippen molar-refractivity contribution in [3.05, 3.63) is 41.8 Å². The monoisotopic (exact) mass is 284 g/mol. The van der Waals surface area contributed by atoms with E-state index in [0.717, 1.165) is 23.7 Å². The molecule has 112 valence electrons. The Morgan fingerprint density at radius 2 is 1.86 bits per heavy atom. The molecule has 3 heteroatoms. The molecule has 0 saturated heterocycles. The first-order valence-corrected chi connectivity index (χ1v) is 7.94. The molecule has 1 heterocycles. The van der Waals surface area contributed by atoms with Crippen LogP contribution in [0.3, 0.4) is 0 Å². The lowest BCUT2D eigenvalue weighted by Gasteiger charge is -2.30. The maximum absolute atomic E-state index is 5.64. The molecule has 1 aromatic carbocycles. The third-order valence-corrected chi connectivity index (χ3v) is 4.46. The molecule has 0 unspecified atom stereocenters. The van der Waals surface area contributed by atoms with Crippen LogP contribution in [0.1, 0.15) is 43.4 Å². The predicted octanol–water partition coefficient (Wildman–Crippen LogP) is 4.41. The Labute approximate surface area is 127 Å². The Kier molecular flexibility index (Phi) is 4.39. The van der Waals surface area contributed by atoms with Gasteiger partial charge in [0, 0.05) is 18.2 Å². The van der Waals surface area contributed by atoms with Gasteiger partial charge >= 0.3 is 0 Å². The molecule has 0 spiro atoms. The summed E-state index contributed by atoms with van der Waals surface area (Å²) in [5, 5.41) is 0. The first-order valence-electron chi connectivity index (χ1n) is 7.94. The van der Waals surface area contributed by atoms with Crippen LogP contribution in [0, 0.1) is 6.92 Å². The summed E-state index contributed by atoms with van der Waals surface area (Å²) in [6.07, 6.45) is 8.56. The fraction of sp³-hybridized carbons (Fsp3) is 0.500. The molecular formula is C18H24N2O. The minimum Gasteiger partial charge on any atom is -0.444 e. The molecule has 2 aromatic rings. The zero-order valence-electron chi connectivity index (χ0n) is 13.0. The van der Waals surface area contributed by atoms with Gasteiger partial charge in [-0.2, -0.15) is 0 Å². The summed E-state index contributed by atoms with van der Waals surface area (Å²) < 4.78 is 5.64. The van der Waals surface area contributed by atoms with Crippen molar-refractivity contribution < 1.29 is 4.42 Å². The van der Waals surface area contributed by atoms with Crippen molar-refractivity contribution in [3.63, 3.8) is 0 Å². The lowest BCUT2D eigenvalue weighted by Crippen LogP contribution is -2.32. The molecule has 0 atom stereocenters. The molecule has 21 heavy (non-hydrogen) atoms. The van der Waals surface area contributed by atoms with Gasteiger partial charge in [0.15, 0.2) is 0 Å². The summed E-state index contributed by atoms with van der Waals surface area (Å²) in [5.74, 6) is 0.724. The van der Waals surface area contributed by atoms with Crippen molar-refractivity contribution >= 4 is 0 Å². The highest BCUT2D eigenvalue weighted by Gasteiger charge is 2.19. The number of oxazole rings is 1. The van der Waals surface area contributed by atoms with Crippen LogP contribution >= 0.6 is 0 Å². The number of aromatic nitrogens is 1. The predicted molar refractivity (Wildman–Crippen MR) is 85.0 cm³/mol. The van der Waals surface area contributed by atoms with Gasteiger partial charge in [0.05, 0.1) is 5.69 Å². The van der Waals surface area contributed by atoms with Crippen molar-refractivity contribution in [2.24, 2.45) is 0 Å². The van der Waals surface area contributed by atoms with Gasteiger partial charge in [-0.3, -0.25) is 4.90 Å². The molecular weight excluding hydrogens is 260 g/mol. The summed E-state index contributed by atoms with van der Waals surface area (Å²) in [6.45, 7) is 2.96. The molecule has 1 aliphatic rings. The highest BCUT2D eigenvalue weighted by Crippen LogP contribution is 2.24. The normalized spacial score (nSPS) is 16.5. The molecule has 0 amide bonds. The van der Waals surface area contributed by atoms with E-state index in [4.69, 9.17) is 4.42 Å². The van der Waals surface area contributed by atoms with Crippen LogP contribution < -0.4 is 0 Å². The van der Waals surface area contributed by atoms with Gasteiger partial charge in [-0.05, 0) is 38.9 Å². The van der Waals surface area contributed by atoms with Crippen molar-refractivity contribution in [2.75, 3.05) is 7.05 Å². The van der Waals surface area contributed by atoms with Crippen molar-refractivity contribution in [1.29, 1.82) is 0 Å². The lowest BCUT2D eigenvalue weighted by atomic mass is 9.94. The van der Waals surface area contributed by atoms with E-state index in [2.05, 4.69) is 48.1 Å². The fourth-order valence-electron chi connectivity index (χ4n) is 3.11. The van der Waals surface area contributed by atoms with E-state index in [1.165, 1.54) is 37.7 Å². The van der Waals surface area contributed by atoms with E-state index in [1.807, 2.05) is 0 Å². The van der Waals surface area contributed by atoms with Gasteiger partial charge in [-0.25, -0.2) is 4.98 Å². The Morgan fingerprint density at radius 1 is 1.14 bits per heavy atom. The van der Waals surface area contributed by atoms with Crippen LogP contribution in [0.5, 0.6) is 0 Å². The minimum absolute atomic E-state index is 0.707. The number of nitrogens with zero attached hydrogens (tertiary/aromatic N) is 2. The summed E-state index contributed by atoms with van der Waals surface area (Å²) >= 11 is 0. The molecule has 1 aliphatic carbocycles. The Balaban J connectivity index is 1.65. The topological polar surface area (TPSA) is 29.3 Å². The average molecular weight is 284 g/mol. The first kappa shape index (κ1) is 14.3. The van der Waals surface area contributed by atoms with Gasteiger partial charge in [0.2, 0.25) is 5.89 Å². The molecule has 3 nitrogen and oxygen atoms in total. The summed E-state index contributed by atoms with van der Waals surface area (Å²) in [7, 11) is 2.20. The van der Waals surface area contributed by atoms with Gasteiger partial charge in [0.25, 0.3) is 0 Å². The standard InChI is InChI=1S/C18H24N2O/c1-14-8-10-15(11-9-14)18-19-16(13-21-18)12-20(2)17-6-4-3-5-7-17/h8-11,13,17H,3-7,12H2,1-2H3. The third kappa shape index (κ3) is 3.53. The van der Waals surface area contributed by atoms with E-state index in [1.54, 1.807) is 6.26 Å². The lowest BCUT2D eigenvalue weighted by molar-refractivity contribution is 0.182. The van der Waals surface area contributed by atoms with Crippen molar-refractivity contribution in [1.82, 2.24) is 9.88 Å². The maximum atomic E-state index is 5.64. The van der Waals surface area contributed by atoms with Crippen LogP contribution in [-0.2, 0) is 6.54 Å². The number of rotatable bonds is 4. The molecule has 0 bridgehead atoms. The molecule has 1 aromatic heterocycles. The van der Waals surface area contributed by atoms with Crippen LogP contribution in [-0.4, -0.2) is 23.0 Å². The largest absolute Gasteiger partial charge is 0.444 e. The smallest absolute Gasteiger partial charge is 0.226 e. The summed E-state index contributed by atoms with van der Waals surface area (Å²) in [4.78, 5) is 7.06. The molecule has 1 saturated carbocycles. The fourth-order valence-corrected chi connectivity index (χ4v) is 3.11. The molecule has 1 fully saturated rings. The van der Waals surface area contributed by atoms with Crippen LogP contribution in [0.4, 0.5) is 0 Å². The second-order valence-electron chi connectivity index (χ2n) is 6.22. The second kappa shape index (κ2) is 6.44. The number of hydrogen-bond acceptors (Lipinski definition) is 3. The van der Waals surface area contributed by atoms with Crippen LogP contribution in [0.2, 0.25) is 0 Å². The molecule has 0 radical (unpaired) electrons. The quantitative estimate of drug-likeness (QED) is 0.832. The maximum Gasteiger partial charge on any atom is 0.226 e. The van der Waals surface area contributed by atoms with E-state index in [-0.39, 0.29) is 0 Å². The van der Waals surface area contributed by atoms with Gasteiger partial charge in [0.1, 0.15) is 6.26 Å². The number of benzene rings is 1. The molecule has 0 aliphatic heterocycles. The number of hydrogen-bond donors (Lipinski definition) is 0. The van der Waals surface area contributed by atoms with Crippen molar-refractivity contribution in [3.8, 4) is 11.5 Å². The summed E-state index contributed by atoms with van der Waals surface area (Å²) in [6, 6.07) is 9.02. The second-order valence-corrected chi connectivity index (χ2v) is 6.22. The first-order chi connectivity index (χ1) is 10.2. The molecule has 0 N–H and O–H groups in total. The molecule has 3 rings (SSSR count). The van der Waals surface area contributed by atoms with E-state index >= 15 is 0 Å². The van der Waals surface area contributed by atoms with E-state index in [0.29, 0.717) is 6.04 Å². The number of aryl methyl sites for hydroxylation is 1. The Hall–Kier alpha value is -1.61. The van der Waals surface area contributed by atoms with Gasteiger partial charge in [-0.15, -0.1) is 0 Å². The van der Waals surface area contributed by atoms with Crippen LogP contribution in [0.25, 0.3) is 11.5 Å². The zero-order chi connectivity index (χ0) is 14.7. The van der Waals surface area contributed by atoms with Gasteiger partial charge in [-0.1, -0.05) is 37.0 Å². The van der Waals surface area contributed by atoms with Crippen molar-refractivity contribution in [2.45, 2.75) is 51.6 Å². The summed E-state index contributed by atoms with van der Waals surface area (Å²) in [5.41, 5.74) is 3.33. The van der Waals surface area contributed by atoms with Crippen LogP contribution in [0.15, 0.2) is 34.9 Å². The average Bonchev–Trinajstić information content (AvgIpc) is 2.97. The third-order valence-electron chi connectivity index (χ3n) is 4.46. The minimum atomic E-state index is 0.707. The Morgan fingerprint density at radius 3 is 2.57 bits per heavy atom. The van der Waals surface area contributed by atoms with E-state index in [9.17, 15) is 0 Å². The van der Waals surface area contributed by atoms with Gasteiger partial charge < -0.3 is 4.42 Å². The highest BCUT2D eigenvalue weighted by atomic mass is 16.3. The van der Waals surface area contributed by atoms with E-state index < -0.39 is 0 Å². The Bertz CT molecular complexity index is 567. The zero-order valence-corrected chi connectivity index (χ0v) is 13.0.